The van der Waals surface area contributed by atoms with E-state index in [9.17, 15) is 4.79 Å². The van der Waals surface area contributed by atoms with Crippen molar-refractivity contribution < 1.29 is 0 Å². The molecule has 0 saturated heterocycles. The van der Waals surface area contributed by atoms with E-state index in [2.05, 4.69) is 15.1 Å². The molecule has 0 radical (unpaired) electrons. The molecular weight excluding hydrogens is 316 g/mol. The number of hydrogen-bond donors (Lipinski definition) is 1. The van der Waals surface area contributed by atoms with E-state index >= 15 is 0 Å². The first-order valence-corrected chi connectivity index (χ1v) is 8.10. The Morgan fingerprint density at radius 1 is 1.08 bits per heavy atom. The molecule has 0 aliphatic carbocycles. The highest BCUT2D eigenvalue weighted by atomic mass is 16.1. The number of H-pyrrole nitrogens is 1. The quantitative estimate of drug-likeness (QED) is 0.617. The highest BCUT2D eigenvalue weighted by molar-refractivity contribution is 5.72. The molecule has 4 rings (SSSR count). The van der Waals surface area contributed by atoms with Gasteiger partial charge in [0.2, 0.25) is 0 Å². The summed E-state index contributed by atoms with van der Waals surface area (Å²) in [7, 11) is 3.76. The zero-order valence-corrected chi connectivity index (χ0v) is 14.1. The zero-order valence-electron chi connectivity index (χ0n) is 14.1. The molecule has 7 nitrogen and oxygen atoms in total. The smallest absolute Gasteiger partial charge is 0.262 e. The third kappa shape index (κ3) is 2.84. The van der Waals surface area contributed by atoms with Crippen molar-refractivity contribution in [2.24, 2.45) is 14.1 Å². The molecule has 7 heteroatoms. The second-order valence-corrected chi connectivity index (χ2v) is 6.04. The van der Waals surface area contributed by atoms with E-state index in [1.807, 2.05) is 48.1 Å². The maximum atomic E-state index is 12.1. The first kappa shape index (κ1) is 15.3. The van der Waals surface area contributed by atoms with Crippen LogP contribution in [0.2, 0.25) is 0 Å². The van der Waals surface area contributed by atoms with Crippen LogP contribution in [0, 0.1) is 0 Å². The van der Waals surface area contributed by atoms with Crippen molar-refractivity contribution >= 4 is 11.0 Å². The first-order chi connectivity index (χ1) is 12.1. The van der Waals surface area contributed by atoms with Gasteiger partial charge in [-0.25, -0.2) is 9.97 Å². The van der Waals surface area contributed by atoms with Crippen LogP contribution < -0.4 is 5.56 Å². The lowest BCUT2D eigenvalue weighted by Crippen LogP contribution is -2.13. The minimum atomic E-state index is -0.155. The second kappa shape index (κ2) is 6.01. The van der Waals surface area contributed by atoms with Gasteiger partial charge in [-0.2, -0.15) is 5.10 Å². The van der Waals surface area contributed by atoms with Crippen molar-refractivity contribution in [3.05, 3.63) is 64.7 Å². The lowest BCUT2D eigenvalue weighted by Gasteiger charge is -2.02. The maximum Gasteiger partial charge on any atom is 0.262 e. The topological polar surface area (TPSA) is 81.4 Å². The van der Waals surface area contributed by atoms with Crippen molar-refractivity contribution in [1.29, 1.82) is 0 Å². The molecule has 0 atom stereocenters. The molecule has 1 aromatic carbocycles. The van der Waals surface area contributed by atoms with E-state index in [-0.39, 0.29) is 5.56 Å². The van der Waals surface area contributed by atoms with E-state index in [1.54, 1.807) is 11.7 Å². The predicted octanol–water partition coefficient (Wildman–Crippen LogP) is 1.84. The number of benzene rings is 1. The summed E-state index contributed by atoms with van der Waals surface area (Å²) >= 11 is 0. The number of aryl methyl sites for hydroxylation is 4. The molecule has 0 unspecified atom stereocenters. The van der Waals surface area contributed by atoms with E-state index < -0.39 is 0 Å². The second-order valence-electron chi connectivity index (χ2n) is 6.04. The van der Waals surface area contributed by atoms with Crippen molar-refractivity contribution in [3.8, 4) is 11.3 Å². The number of nitrogens with zero attached hydrogens (tertiary/aromatic N) is 5. The largest absolute Gasteiger partial charge is 0.337 e. The van der Waals surface area contributed by atoms with Crippen LogP contribution in [-0.2, 0) is 26.9 Å². The molecule has 1 N–H and O–H groups in total. The molecule has 0 aliphatic rings. The van der Waals surface area contributed by atoms with E-state index in [1.165, 1.54) is 6.20 Å². The SMILES string of the molecule is Cn1cc(-c2ccccc2)nc1CCc1nc2c(cnn2C)c(=O)[nH]1. The van der Waals surface area contributed by atoms with E-state index in [0.29, 0.717) is 29.7 Å². The molecule has 0 aliphatic heterocycles. The van der Waals surface area contributed by atoms with Crippen LogP contribution in [-0.4, -0.2) is 29.3 Å². The normalized spacial score (nSPS) is 11.3. The molecule has 0 spiro atoms. The summed E-state index contributed by atoms with van der Waals surface area (Å²) in [5.41, 5.74) is 2.48. The number of aromatic nitrogens is 6. The summed E-state index contributed by atoms with van der Waals surface area (Å²) in [6.07, 6.45) is 4.85. The summed E-state index contributed by atoms with van der Waals surface area (Å²) in [6, 6.07) is 10.1. The van der Waals surface area contributed by atoms with Crippen LogP contribution >= 0.6 is 0 Å². The Labute approximate surface area is 144 Å². The Balaban J connectivity index is 1.59. The lowest BCUT2D eigenvalue weighted by molar-refractivity contribution is 0.739. The van der Waals surface area contributed by atoms with Gasteiger partial charge < -0.3 is 9.55 Å². The predicted molar refractivity (Wildman–Crippen MR) is 95.2 cm³/mol. The third-order valence-corrected chi connectivity index (χ3v) is 4.28. The molecule has 25 heavy (non-hydrogen) atoms. The molecule has 0 fully saturated rings. The van der Waals surface area contributed by atoms with Crippen LogP contribution in [0.5, 0.6) is 0 Å². The van der Waals surface area contributed by atoms with Crippen molar-refractivity contribution in [2.75, 3.05) is 0 Å². The summed E-state index contributed by atoms with van der Waals surface area (Å²) in [5.74, 6) is 1.59. The van der Waals surface area contributed by atoms with Crippen LogP contribution in [0.25, 0.3) is 22.3 Å². The minimum Gasteiger partial charge on any atom is -0.337 e. The molecule has 3 aromatic heterocycles. The van der Waals surface area contributed by atoms with Crippen molar-refractivity contribution in [2.45, 2.75) is 12.8 Å². The van der Waals surface area contributed by atoms with Crippen LogP contribution in [0.15, 0.2) is 47.5 Å². The van der Waals surface area contributed by atoms with Gasteiger partial charge in [0.05, 0.1) is 11.9 Å². The number of hydrogen-bond acceptors (Lipinski definition) is 4. The van der Waals surface area contributed by atoms with Gasteiger partial charge in [0.1, 0.15) is 17.0 Å². The molecule has 3 heterocycles. The van der Waals surface area contributed by atoms with Gasteiger partial charge in [-0.15, -0.1) is 0 Å². The summed E-state index contributed by atoms with van der Waals surface area (Å²) in [5, 5.41) is 4.59. The highest BCUT2D eigenvalue weighted by Crippen LogP contribution is 2.18. The standard InChI is InChI=1S/C18H18N6O/c1-23-11-14(12-6-4-3-5-7-12)20-16(23)9-8-15-21-17-13(18(25)22-15)10-19-24(17)2/h3-7,10-11H,8-9H2,1-2H3,(H,21,22,25). The zero-order chi connectivity index (χ0) is 17.4. The Morgan fingerprint density at radius 2 is 1.88 bits per heavy atom. The van der Waals surface area contributed by atoms with Gasteiger partial charge in [-0.05, 0) is 0 Å². The third-order valence-electron chi connectivity index (χ3n) is 4.28. The van der Waals surface area contributed by atoms with Crippen LogP contribution in [0.3, 0.4) is 0 Å². The lowest BCUT2D eigenvalue weighted by atomic mass is 10.2. The van der Waals surface area contributed by atoms with Gasteiger partial charge in [0.15, 0.2) is 5.65 Å². The number of rotatable bonds is 4. The molecule has 4 aromatic rings. The number of aromatic amines is 1. The van der Waals surface area contributed by atoms with Crippen molar-refractivity contribution in [1.82, 2.24) is 29.3 Å². The first-order valence-electron chi connectivity index (χ1n) is 8.10. The number of fused-ring (bicyclic) bond motifs is 1. The summed E-state index contributed by atoms with van der Waals surface area (Å²) in [4.78, 5) is 24.2. The fourth-order valence-corrected chi connectivity index (χ4v) is 2.91. The van der Waals surface area contributed by atoms with Gasteiger partial charge in [-0.1, -0.05) is 30.3 Å². The molecule has 0 amide bonds. The fraction of sp³-hybridized carbons (Fsp3) is 0.222. The Bertz CT molecular complexity index is 1090. The van der Waals surface area contributed by atoms with Gasteiger partial charge in [0, 0.05) is 38.7 Å². The molecular formula is C18H18N6O. The van der Waals surface area contributed by atoms with Gasteiger partial charge in [0.25, 0.3) is 5.56 Å². The van der Waals surface area contributed by atoms with Crippen LogP contribution in [0.1, 0.15) is 11.6 Å². The Hall–Kier alpha value is -3.22. The summed E-state index contributed by atoms with van der Waals surface area (Å²) < 4.78 is 3.63. The average Bonchev–Trinajstić information content (AvgIpc) is 3.18. The van der Waals surface area contributed by atoms with Gasteiger partial charge in [-0.3, -0.25) is 9.48 Å². The monoisotopic (exact) mass is 334 g/mol. The van der Waals surface area contributed by atoms with E-state index in [0.717, 1.165) is 17.1 Å². The number of nitrogens with one attached hydrogen (secondary N) is 1. The molecule has 0 bridgehead atoms. The minimum absolute atomic E-state index is 0.155. The molecule has 0 saturated carbocycles. The Morgan fingerprint density at radius 3 is 2.68 bits per heavy atom. The Kier molecular flexibility index (Phi) is 3.68. The van der Waals surface area contributed by atoms with Crippen LogP contribution in [0.4, 0.5) is 0 Å². The number of imidazole rings is 1. The maximum absolute atomic E-state index is 12.1. The van der Waals surface area contributed by atoms with Crippen molar-refractivity contribution in [3.63, 3.8) is 0 Å². The fourth-order valence-electron chi connectivity index (χ4n) is 2.91. The highest BCUT2D eigenvalue weighted by Gasteiger charge is 2.11. The van der Waals surface area contributed by atoms with E-state index in [4.69, 9.17) is 4.98 Å². The average molecular weight is 334 g/mol. The molecule has 126 valence electrons. The van der Waals surface area contributed by atoms with Gasteiger partial charge >= 0.3 is 0 Å². The summed E-state index contributed by atoms with van der Waals surface area (Å²) in [6.45, 7) is 0.